The van der Waals surface area contributed by atoms with E-state index in [0.29, 0.717) is 4.47 Å². The van der Waals surface area contributed by atoms with Crippen LogP contribution in [0.2, 0.25) is 0 Å². The van der Waals surface area contributed by atoms with Crippen LogP contribution in [-0.4, -0.2) is 25.5 Å². The van der Waals surface area contributed by atoms with Gasteiger partial charge in [0.2, 0.25) is 10.0 Å². The molecule has 18 heavy (non-hydrogen) atoms. The molecule has 5 nitrogen and oxygen atoms in total. The molecule has 0 radical (unpaired) electrons. The minimum Gasteiger partial charge on any atom is -0.480 e. The molecular weight excluding hydrogens is 322 g/mol. The largest absolute Gasteiger partial charge is 0.480 e. The van der Waals surface area contributed by atoms with E-state index in [2.05, 4.69) is 26.6 Å². The Bertz CT molecular complexity index is 591. The van der Waals surface area contributed by atoms with Gasteiger partial charge in [0.15, 0.2) is 0 Å². The molecule has 0 saturated heterocycles. The second-order valence-corrected chi connectivity index (χ2v) is 5.89. The van der Waals surface area contributed by atoms with Crippen LogP contribution < -0.4 is 4.72 Å². The average molecular weight is 332 g/mol. The van der Waals surface area contributed by atoms with Gasteiger partial charge in [-0.15, -0.1) is 12.3 Å². The highest BCUT2D eigenvalue weighted by Crippen LogP contribution is 2.21. The van der Waals surface area contributed by atoms with Gasteiger partial charge in [-0.05, 0) is 28.1 Å². The second-order valence-electron chi connectivity index (χ2n) is 3.35. The molecule has 0 heterocycles. The first-order valence-corrected chi connectivity index (χ1v) is 7.09. The standard InChI is InChI=1S/C11H10BrNO4S/c1-2-5-9(11(14)15)13-18(16,17)10-7-4-3-6-8(10)12/h1,3-4,6-7,9,13H,5H2,(H,14,15). The Balaban J connectivity index is 3.06. The first-order chi connectivity index (χ1) is 8.38. The molecule has 2 N–H and O–H groups in total. The summed E-state index contributed by atoms with van der Waals surface area (Å²) in [6.07, 6.45) is 4.77. The maximum Gasteiger partial charge on any atom is 0.322 e. The van der Waals surface area contributed by atoms with Gasteiger partial charge in [-0.25, -0.2) is 8.42 Å². The van der Waals surface area contributed by atoms with E-state index in [1.54, 1.807) is 12.1 Å². The zero-order chi connectivity index (χ0) is 13.8. The van der Waals surface area contributed by atoms with E-state index >= 15 is 0 Å². The van der Waals surface area contributed by atoms with Crippen LogP contribution in [0, 0.1) is 12.3 Å². The third-order valence-corrected chi connectivity index (χ3v) is 4.53. The topological polar surface area (TPSA) is 83.5 Å². The van der Waals surface area contributed by atoms with Crippen molar-refractivity contribution in [3.05, 3.63) is 28.7 Å². The fourth-order valence-corrected chi connectivity index (χ4v) is 3.40. The Kier molecular flexibility index (Phi) is 4.90. The van der Waals surface area contributed by atoms with E-state index in [1.807, 2.05) is 0 Å². The van der Waals surface area contributed by atoms with Crippen LogP contribution in [0.4, 0.5) is 0 Å². The number of carbonyl (C=O) groups is 1. The molecule has 1 atom stereocenters. The summed E-state index contributed by atoms with van der Waals surface area (Å²) in [5, 5.41) is 8.85. The van der Waals surface area contributed by atoms with E-state index in [0.717, 1.165) is 0 Å². The first-order valence-electron chi connectivity index (χ1n) is 4.81. The monoisotopic (exact) mass is 331 g/mol. The Hall–Kier alpha value is -1.36. The highest BCUT2D eigenvalue weighted by Gasteiger charge is 2.25. The van der Waals surface area contributed by atoms with Crippen LogP contribution in [0.15, 0.2) is 33.6 Å². The van der Waals surface area contributed by atoms with Gasteiger partial charge in [-0.1, -0.05) is 12.1 Å². The van der Waals surface area contributed by atoms with Crippen molar-refractivity contribution in [3.8, 4) is 12.3 Å². The van der Waals surface area contributed by atoms with Crippen molar-refractivity contribution in [3.63, 3.8) is 0 Å². The van der Waals surface area contributed by atoms with Crippen LogP contribution in [0.1, 0.15) is 6.42 Å². The Morgan fingerprint density at radius 2 is 2.11 bits per heavy atom. The minimum atomic E-state index is -3.93. The average Bonchev–Trinajstić information content (AvgIpc) is 2.28. The normalized spacial score (nSPS) is 12.7. The third-order valence-electron chi connectivity index (χ3n) is 2.04. The van der Waals surface area contributed by atoms with Gasteiger partial charge in [-0.2, -0.15) is 4.72 Å². The van der Waals surface area contributed by atoms with Crippen molar-refractivity contribution in [1.82, 2.24) is 4.72 Å². The number of terminal acetylenes is 1. The highest BCUT2D eigenvalue weighted by atomic mass is 79.9. The van der Waals surface area contributed by atoms with Gasteiger partial charge in [-0.3, -0.25) is 4.79 Å². The lowest BCUT2D eigenvalue weighted by Gasteiger charge is -2.13. The summed E-state index contributed by atoms with van der Waals surface area (Å²) in [5.41, 5.74) is 0. The van der Waals surface area contributed by atoms with Crippen LogP contribution in [-0.2, 0) is 14.8 Å². The lowest BCUT2D eigenvalue weighted by atomic mass is 10.2. The van der Waals surface area contributed by atoms with Gasteiger partial charge >= 0.3 is 5.97 Å². The summed E-state index contributed by atoms with van der Waals surface area (Å²) in [7, 11) is -3.93. The predicted octanol–water partition coefficient (Wildman–Crippen LogP) is 1.20. The number of rotatable bonds is 5. The Morgan fingerprint density at radius 3 is 2.61 bits per heavy atom. The van der Waals surface area contributed by atoms with E-state index in [9.17, 15) is 13.2 Å². The first kappa shape index (κ1) is 14.7. The van der Waals surface area contributed by atoms with E-state index < -0.39 is 22.0 Å². The zero-order valence-corrected chi connectivity index (χ0v) is 11.5. The SMILES string of the molecule is C#CCC(NS(=O)(=O)c1ccccc1Br)C(=O)O. The fourth-order valence-electron chi connectivity index (χ4n) is 1.21. The zero-order valence-electron chi connectivity index (χ0n) is 9.13. The molecule has 7 heteroatoms. The Labute approximate surface area is 113 Å². The predicted molar refractivity (Wildman–Crippen MR) is 69.3 cm³/mol. The van der Waals surface area contributed by atoms with Gasteiger partial charge in [0, 0.05) is 10.9 Å². The number of hydrogen-bond acceptors (Lipinski definition) is 3. The molecule has 96 valence electrons. The van der Waals surface area contributed by atoms with Crippen molar-refractivity contribution >= 4 is 31.9 Å². The molecule has 1 aromatic rings. The minimum absolute atomic E-state index is 0.0340. The molecule has 0 amide bonds. The van der Waals surface area contributed by atoms with E-state index in [1.165, 1.54) is 12.1 Å². The molecule has 1 rings (SSSR count). The number of carboxylic acid groups (broad SMARTS) is 1. The number of sulfonamides is 1. The fraction of sp³-hybridized carbons (Fsp3) is 0.182. The van der Waals surface area contributed by atoms with Gasteiger partial charge in [0.1, 0.15) is 6.04 Å². The van der Waals surface area contributed by atoms with Crippen LogP contribution in [0.25, 0.3) is 0 Å². The smallest absolute Gasteiger partial charge is 0.322 e. The molecule has 0 aromatic heterocycles. The molecule has 0 saturated carbocycles. The lowest BCUT2D eigenvalue weighted by molar-refractivity contribution is -0.138. The van der Waals surface area contributed by atoms with Crippen molar-refractivity contribution in [1.29, 1.82) is 0 Å². The highest BCUT2D eigenvalue weighted by molar-refractivity contribution is 9.10. The molecule has 1 unspecified atom stereocenters. The quantitative estimate of drug-likeness (QED) is 0.794. The number of nitrogens with one attached hydrogen (secondary N) is 1. The molecule has 0 bridgehead atoms. The van der Waals surface area contributed by atoms with Crippen molar-refractivity contribution in [2.24, 2.45) is 0 Å². The maximum absolute atomic E-state index is 12.0. The summed E-state index contributed by atoms with van der Waals surface area (Å²) >= 11 is 3.09. The van der Waals surface area contributed by atoms with Crippen molar-refractivity contribution in [2.45, 2.75) is 17.4 Å². The van der Waals surface area contributed by atoms with Crippen molar-refractivity contribution < 1.29 is 18.3 Å². The molecule has 0 fully saturated rings. The summed E-state index contributed by atoms with van der Waals surface area (Å²) in [4.78, 5) is 10.8. The van der Waals surface area contributed by atoms with Crippen LogP contribution >= 0.6 is 15.9 Å². The summed E-state index contributed by atoms with van der Waals surface area (Å²) in [5.74, 6) is 0.802. The second kappa shape index (κ2) is 6.00. The third kappa shape index (κ3) is 3.57. The number of carboxylic acids is 1. The van der Waals surface area contributed by atoms with Gasteiger partial charge in [0.05, 0.1) is 4.90 Å². The maximum atomic E-state index is 12.0. The Morgan fingerprint density at radius 1 is 1.50 bits per heavy atom. The summed E-state index contributed by atoms with van der Waals surface area (Å²) in [6.45, 7) is 0. The van der Waals surface area contributed by atoms with Crippen molar-refractivity contribution in [2.75, 3.05) is 0 Å². The van der Waals surface area contributed by atoms with E-state index in [4.69, 9.17) is 11.5 Å². The summed E-state index contributed by atoms with van der Waals surface area (Å²) in [6, 6.07) is 4.76. The molecule has 1 aromatic carbocycles. The number of benzene rings is 1. The summed E-state index contributed by atoms with van der Waals surface area (Å²) < 4.78 is 26.3. The lowest BCUT2D eigenvalue weighted by Crippen LogP contribution is -2.40. The molecular formula is C11H10BrNO4S. The molecule has 0 aliphatic carbocycles. The number of aliphatic carboxylic acids is 1. The molecule has 0 spiro atoms. The van der Waals surface area contributed by atoms with Gasteiger partial charge < -0.3 is 5.11 Å². The number of hydrogen-bond donors (Lipinski definition) is 2. The van der Waals surface area contributed by atoms with Gasteiger partial charge in [0.25, 0.3) is 0 Å². The van der Waals surface area contributed by atoms with Crippen LogP contribution in [0.3, 0.4) is 0 Å². The van der Waals surface area contributed by atoms with E-state index in [-0.39, 0.29) is 11.3 Å². The molecule has 0 aliphatic heterocycles. The van der Waals surface area contributed by atoms with Crippen LogP contribution in [0.5, 0.6) is 0 Å². The molecule has 0 aliphatic rings. The number of halogens is 1.